The minimum absolute atomic E-state index is 0.111. The predicted molar refractivity (Wildman–Crippen MR) is 75.6 cm³/mol. The first-order valence-corrected chi connectivity index (χ1v) is 6.76. The zero-order valence-corrected chi connectivity index (χ0v) is 11.9. The number of benzene rings is 1. The third-order valence-electron chi connectivity index (χ3n) is 3.35. The van der Waals surface area contributed by atoms with Crippen LogP contribution in [0.25, 0.3) is 6.08 Å². The lowest BCUT2D eigenvalue weighted by molar-refractivity contribution is -0.283. The summed E-state index contributed by atoms with van der Waals surface area (Å²) >= 11 is 0. The fraction of sp³-hybridized carbons (Fsp3) is 0.400. The summed E-state index contributed by atoms with van der Waals surface area (Å²) in [6.45, 7) is 1.49. The maximum atomic E-state index is 11.7. The molecule has 5 atom stereocenters. The normalized spacial score (nSPS) is 32.1. The average molecular weight is 310 g/mol. The fourth-order valence-corrected chi connectivity index (χ4v) is 2.01. The number of hydrogen-bond acceptors (Lipinski definition) is 7. The van der Waals surface area contributed by atoms with E-state index >= 15 is 0 Å². The van der Waals surface area contributed by atoms with Gasteiger partial charge in [0, 0.05) is 6.08 Å². The van der Waals surface area contributed by atoms with Crippen molar-refractivity contribution in [1.82, 2.24) is 0 Å². The molecule has 1 aromatic carbocycles. The van der Waals surface area contributed by atoms with Crippen molar-refractivity contribution in [1.29, 1.82) is 0 Å². The Balaban J connectivity index is 1.95. The molecular weight excluding hydrogens is 292 g/mol. The fourth-order valence-electron chi connectivity index (χ4n) is 2.01. The number of aliphatic hydroxyl groups is 3. The summed E-state index contributed by atoms with van der Waals surface area (Å²) < 4.78 is 10.1. The van der Waals surface area contributed by atoms with Gasteiger partial charge in [-0.1, -0.05) is 12.1 Å². The predicted octanol–water partition coefficient (Wildman–Crippen LogP) is -0.224. The van der Waals surface area contributed by atoms with E-state index in [0.29, 0.717) is 5.56 Å². The molecular formula is C15H18O7. The lowest BCUT2D eigenvalue weighted by Gasteiger charge is -2.38. The summed E-state index contributed by atoms with van der Waals surface area (Å²) in [4.78, 5) is 11.7. The van der Waals surface area contributed by atoms with Crippen LogP contribution in [0, 0.1) is 0 Å². The molecule has 0 radical (unpaired) electrons. The molecule has 1 fully saturated rings. The van der Waals surface area contributed by atoms with Crippen LogP contribution in [0.15, 0.2) is 30.3 Å². The van der Waals surface area contributed by atoms with Crippen LogP contribution in [0.1, 0.15) is 12.5 Å². The lowest BCUT2D eigenvalue weighted by atomic mass is 10.0. The largest absolute Gasteiger partial charge is 0.508 e. The number of hydrogen-bond donors (Lipinski definition) is 4. The van der Waals surface area contributed by atoms with Crippen molar-refractivity contribution < 1.29 is 34.7 Å². The van der Waals surface area contributed by atoms with Crippen LogP contribution in [0.4, 0.5) is 0 Å². The third-order valence-corrected chi connectivity index (χ3v) is 3.35. The van der Waals surface area contributed by atoms with Crippen LogP contribution in [-0.4, -0.2) is 57.1 Å². The molecule has 1 aliphatic rings. The van der Waals surface area contributed by atoms with Crippen molar-refractivity contribution >= 4 is 12.0 Å². The van der Waals surface area contributed by atoms with E-state index in [-0.39, 0.29) is 5.75 Å². The summed E-state index contributed by atoms with van der Waals surface area (Å²) in [6.07, 6.45) is -3.78. The van der Waals surface area contributed by atoms with Gasteiger partial charge in [0.05, 0.1) is 6.10 Å². The van der Waals surface area contributed by atoms with Gasteiger partial charge in [0.2, 0.25) is 6.29 Å². The Kier molecular flexibility index (Phi) is 5.15. The molecule has 1 aromatic rings. The number of aromatic hydroxyl groups is 1. The summed E-state index contributed by atoms with van der Waals surface area (Å²) in [7, 11) is 0. The van der Waals surface area contributed by atoms with Gasteiger partial charge < -0.3 is 29.9 Å². The summed E-state index contributed by atoms with van der Waals surface area (Å²) in [6, 6.07) is 6.15. The van der Waals surface area contributed by atoms with Gasteiger partial charge >= 0.3 is 5.97 Å². The van der Waals surface area contributed by atoms with E-state index in [0.717, 1.165) is 6.08 Å². The maximum Gasteiger partial charge on any atom is 0.333 e. The smallest absolute Gasteiger partial charge is 0.333 e. The highest BCUT2D eigenvalue weighted by Crippen LogP contribution is 2.22. The van der Waals surface area contributed by atoms with Crippen molar-refractivity contribution in [2.24, 2.45) is 0 Å². The highest BCUT2D eigenvalue weighted by atomic mass is 16.7. The Morgan fingerprint density at radius 1 is 1.14 bits per heavy atom. The highest BCUT2D eigenvalue weighted by molar-refractivity contribution is 5.87. The Labute approximate surface area is 127 Å². The standard InChI is InChI=1S/C15H18O7/c1-8-12(18)13(19)14(20)15(21-8)22-11(17)7-4-9-2-5-10(16)6-3-9/h2-8,12-16,18-20H,1H3/b7-4+/t8-,12-,13+,14+,15-/m0/s1. The van der Waals surface area contributed by atoms with Crippen LogP contribution < -0.4 is 0 Å². The first kappa shape index (κ1) is 16.4. The van der Waals surface area contributed by atoms with Gasteiger partial charge in [-0.3, -0.25) is 0 Å². The molecule has 0 bridgehead atoms. The molecule has 1 heterocycles. The molecule has 0 spiro atoms. The molecule has 0 unspecified atom stereocenters. The molecule has 1 saturated heterocycles. The second-order valence-electron chi connectivity index (χ2n) is 5.04. The summed E-state index contributed by atoms with van der Waals surface area (Å²) in [5.41, 5.74) is 0.670. The van der Waals surface area contributed by atoms with Gasteiger partial charge in [-0.05, 0) is 30.7 Å². The summed E-state index contributed by atoms with van der Waals surface area (Å²) in [5.74, 6) is -0.659. The number of ether oxygens (including phenoxy) is 2. The van der Waals surface area contributed by atoms with E-state index in [1.807, 2.05) is 0 Å². The molecule has 0 saturated carbocycles. The van der Waals surface area contributed by atoms with Gasteiger partial charge in [0.15, 0.2) is 0 Å². The molecule has 7 nitrogen and oxygen atoms in total. The number of phenolic OH excluding ortho intramolecular Hbond substituents is 1. The molecule has 120 valence electrons. The van der Waals surface area contributed by atoms with E-state index in [9.17, 15) is 20.1 Å². The zero-order chi connectivity index (χ0) is 16.3. The van der Waals surface area contributed by atoms with Crippen molar-refractivity contribution in [2.75, 3.05) is 0 Å². The number of esters is 1. The second kappa shape index (κ2) is 6.89. The average Bonchev–Trinajstić information content (AvgIpc) is 2.50. The van der Waals surface area contributed by atoms with Crippen molar-refractivity contribution in [3.05, 3.63) is 35.9 Å². The lowest BCUT2D eigenvalue weighted by Crippen LogP contribution is -2.57. The Morgan fingerprint density at radius 2 is 1.77 bits per heavy atom. The number of aliphatic hydroxyl groups excluding tert-OH is 3. The molecule has 4 N–H and O–H groups in total. The molecule has 22 heavy (non-hydrogen) atoms. The molecule has 1 aliphatic heterocycles. The van der Waals surface area contributed by atoms with E-state index in [1.54, 1.807) is 12.1 Å². The van der Waals surface area contributed by atoms with Gasteiger partial charge in [0.25, 0.3) is 0 Å². The van der Waals surface area contributed by atoms with E-state index < -0.39 is 36.7 Å². The van der Waals surface area contributed by atoms with E-state index in [2.05, 4.69) is 0 Å². The maximum absolute atomic E-state index is 11.7. The van der Waals surface area contributed by atoms with Gasteiger partial charge in [-0.15, -0.1) is 0 Å². The van der Waals surface area contributed by atoms with Crippen LogP contribution >= 0.6 is 0 Å². The number of carbonyl (C=O) groups is 1. The van der Waals surface area contributed by atoms with Crippen molar-refractivity contribution in [3.8, 4) is 5.75 Å². The second-order valence-corrected chi connectivity index (χ2v) is 5.04. The topological polar surface area (TPSA) is 116 Å². The minimum Gasteiger partial charge on any atom is -0.508 e. The van der Waals surface area contributed by atoms with Gasteiger partial charge in [-0.2, -0.15) is 0 Å². The van der Waals surface area contributed by atoms with Crippen LogP contribution in [0.2, 0.25) is 0 Å². The molecule has 0 amide bonds. The number of carbonyl (C=O) groups excluding carboxylic acids is 1. The zero-order valence-electron chi connectivity index (χ0n) is 11.9. The van der Waals surface area contributed by atoms with Crippen LogP contribution in [-0.2, 0) is 14.3 Å². The molecule has 7 heteroatoms. The highest BCUT2D eigenvalue weighted by Gasteiger charge is 2.43. The first-order chi connectivity index (χ1) is 10.4. The number of rotatable bonds is 3. The Bertz CT molecular complexity index is 539. The summed E-state index contributed by atoms with van der Waals surface area (Å²) in [5, 5.41) is 38.0. The first-order valence-electron chi connectivity index (χ1n) is 6.76. The van der Waals surface area contributed by atoms with E-state index in [4.69, 9.17) is 14.6 Å². The monoisotopic (exact) mass is 310 g/mol. The Morgan fingerprint density at radius 3 is 2.41 bits per heavy atom. The van der Waals surface area contributed by atoms with Crippen molar-refractivity contribution in [2.45, 2.75) is 37.6 Å². The van der Waals surface area contributed by atoms with Gasteiger partial charge in [-0.25, -0.2) is 4.79 Å². The molecule has 2 rings (SSSR count). The van der Waals surface area contributed by atoms with Crippen molar-refractivity contribution in [3.63, 3.8) is 0 Å². The van der Waals surface area contributed by atoms with Gasteiger partial charge in [0.1, 0.15) is 24.1 Å². The number of phenols is 1. The quantitative estimate of drug-likeness (QED) is 0.450. The molecule has 0 aliphatic carbocycles. The minimum atomic E-state index is -1.53. The Hall–Kier alpha value is -1.93. The third kappa shape index (κ3) is 3.83. The van der Waals surface area contributed by atoms with Crippen LogP contribution in [0.3, 0.4) is 0 Å². The van der Waals surface area contributed by atoms with Crippen LogP contribution in [0.5, 0.6) is 5.75 Å². The SMILES string of the molecule is C[C@@H]1O[C@@H](OC(=O)/C=C/c2ccc(O)cc2)[C@H](O)[C@H](O)[C@H]1O. The van der Waals surface area contributed by atoms with E-state index in [1.165, 1.54) is 25.1 Å². The molecule has 0 aromatic heterocycles.